The highest BCUT2D eigenvalue weighted by atomic mass is 16.3. The number of aromatic nitrogens is 1. The van der Waals surface area contributed by atoms with Crippen molar-refractivity contribution in [3.63, 3.8) is 0 Å². The van der Waals surface area contributed by atoms with Gasteiger partial charge in [-0.2, -0.15) is 0 Å². The summed E-state index contributed by atoms with van der Waals surface area (Å²) in [4.78, 5) is 4.30. The van der Waals surface area contributed by atoms with Gasteiger partial charge in [-0.3, -0.25) is 4.98 Å². The number of rotatable bonds is 3. The molecule has 20 heavy (non-hydrogen) atoms. The van der Waals surface area contributed by atoms with Gasteiger partial charge in [-0.05, 0) is 41.8 Å². The van der Waals surface area contributed by atoms with E-state index in [1.165, 1.54) is 5.56 Å². The molecule has 0 saturated carbocycles. The predicted octanol–water partition coefficient (Wildman–Crippen LogP) is 4.05. The fraction of sp³-hybridized carbons (Fsp3) is 0.0556. The van der Waals surface area contributed by atoms with E-state index in [2.05, 4.69) is 17.1 Å². The van der Waals surface area contributed by atoms with E-state index >= 15 is 0 Å². The lowest BCUT2D eigenvalue weighted by atomic mass is 10.0. The molecule has 3 aromatic rings. The van der Waals surface area contributed by atoms with E-state index in [9.17, 15) is 5.11 Å². The normalized spacial score (nSPS) is 10.4. The first-order chi connectivity index (χ1) is 9.83. The molecule has 0 atom stereocenters. The summed E-state index contributed by atoms with van der Waals surface area (Å²) in [6, 6.07) is 21.7. The zero-order valence-electron chi connectivity index (χ0n) is 11.0. The van der Waals surface area contributed by atoms with E-state index in [0.717, 1.165) is 23.2 Å². The summed E-state index contributed by atoms with van der Waals surface area (Å²) < 4.78 is 0. The molecule has 3 rings (SSSR count). The van der Waals surface area contributed by atoms with Crippen LogP contribution in [-0.2, 0) is 6.42 Å². The first-order valence-corrected chi connectivity index (χ1v) is 6.60. The van der Waals surface area contributed by atoms with Gasteiger partial charge < -0.3 is 5.11 Å². The van der Waals surface area contributed by atoms with E-state index in [-0.39, 0.29) is 5.75 Å². The standard InChI is InChI=1S/C18H15NO/c20-18-10-9-15(12-14-6-2-1-3-7-14)13-16(18)17-8-4-5-11-19-17/h1-11,13,20H,12H2. The molecule has 1 aromatic heterocycles. The van der Waals surface area contributed by atoms with Gasteiger partial charge in [0, 0.05) is 11.8 Å². The van der Waals surface area contributed by atoms with Gasteiger partial charge >= 0.3 is 0 Å². The molecule has 0 aliphatic carbocycles. The molecule has 0 unspecified atom stereocenters. The van der Waals surface area contributed by atoms with Crippen LogP contribution in [0.3, 0.4) is 0 Å². The smallest absolute Gasteiger partial charge is 0.124 e. The van der Waals surface area contributed by atoms with Crippen molar-refractivity contribution in [1.29, 1.82) is 0 Å². The van der Waals surface area contributed by atoms with Gasteiger partial charge in [0.05, 0.1) is 5.69 Å². The molecule has 1 heterocycles. The molecule has 2 aromatic carbocycles. The number of phenolic OH excluding ortho intramolecular Hbond substituents is 1. The second kappa shape index (κ2) is 5.57. The number of pyridine rings is 1. The molecule has 0 bridgehead atoms. The minimum atomic E-state index is 0.264. The largest absolute Gasteiger partial charge is 0.507 e. The van der Waals surface area contributed by atoms with Crippen molar-refractivity contribution in [2.45, 2.75) is 6.42 Å². The van der Waals surface area contributed by atoms with Gasteiger partial charge in [0.25, 0.3) is 0 Å². The zero-order chi connectivity index (χ0) is 13.8. The maximum absolute atomic E-state index is 10.0. The second-order valence-corrected chi connectivity index (χ2v) is 4.73. The predicted molar refractivity (Wildman–Crippen MR) is 80.6 cm³/mol. The second-order valence-electron chi connectivity index (χ2n) is 4.73. The summed E-state index contributed by atoms with van der Waals surface area (Å²) in [7, 11) is 0. The molecule has 0 fully saturated rings. The lowest BCUT2D eigenvalue weighted by Crippen LogP contribution is -1.90. The molecule has 0 aliphatic rings. The molecule has 98 valence electrons. The summed E-state index contributed by atoms with van der Waals surface area (Å²) in [6.07, 6.45) is 2.58. The molecule has 0 amide bonds. The Bertz CT molecular complexity index is 693. The summed E-state index contributed by atoms with van der Waals surface area (Å²) in [6.45, 7) is 0. The lowest BCUT2D eigenvalue weighted by molar-refractivity contribution is 0.477. The average molecular weight is 261 g/mol. The monoisotopic (exact) mass is 261 g/mol. The Morgan fingerprint density at radius 2 is 1.60 bits per heavy atom. The topological polar surface area (TPSA) is 33.1 Å². The van der Waals surface area contributed by atoms with Crippen molar-refractivity contribution < 1.29 is 5.11 Å². The van der Waals surface area contributed by atoms with E-state index in [1.54, 1.807) is 12.3 Å². The summed E-state index contributed by atoms with van der Waals surface area (Å²) in [5, 5.41) is 10.0. The summed E-state index contributed by atoms with van der Waals surface area (Å²) in [5.41, 5.74) is 3.98. The van der Waals surface area contributed by atoms with Crippen LogP contribution in [0.1, 0.15) is 11.1 Å². The van der Waals surface area contributed by atoms with Crippen LogP contribution in [0.2, 0.25) is 0 Å². The number of benzene rings is 2. The number of nitrogens with zero attached hydrogens (tertiary/aromatic N) is 1. The fourth-order valence-corrected chi connectivity index (χ4v) is 2.25. The molecule has 0 saturated heterocycles. The SMILES string of the molecule is Oc1ccc(Cc2ccccc2)cc1-c1ccccn1. The van der Waals surface area contributed by atoms with Crippen LogP contribution in [0.25, 0.3) is 11.3 Å². The number of aromatic hydroxyl groups is 1. The highest BCUT2D eigenvalue weighted by Crippen LogP contribution is 2.29. The molecular weight excluding hydrogens is 246 g/mol. The van der Waals surface area contributed by atoms with Crippen LogP contribution in [0.15, 0.2) is 72.9 Å². The quantitative estimate of drug-likeness (QED) is 0.771. The molecular formula is C18H15NO. The van der Waals surface area contributed by atoms with Crippen molar-refractivity contribution in [3.05, 3.63) is 84.1 Å². The minimum absolute atomic E-state index is 0.264. The van der Waals surface area contributed by atoms with Crippen molar-refractivity contribution in [2.75, 3.05) is 0 Å². The Morgan fingerprint density at radius 1 is 0.800 bits per heavy atom. The Hall–Kier alpha value is -2.61. The van der Waals surface area contributed by atoms with Gasteiger partial charge in [0.1, 0.15) is 5.75 Å². The summed E-state index contributed by atoms with van der Waals surface area (Å²) in [5.74, 6) is 0.264. The Morgan fingerprint density at radius 3 is 2.35 bits per heavy atom. The van der Waals surface area contributed by atoms with Crippen LogP contribution in [0.4, 0.5) is 0 Å². The van der Waals surface area contributed by atoms with Gasteiger partial charge in [-0.15, -0.1) is 0 Å². The third-order valence-electron chi connectivity index (χ3n) is 3.25. The van der Waals surface area contributed by atoms with Crippen molar-refractivity contribution in [3.8, 4) is 17.0 Å². The number of phenols is 1. The first-order valence-electron chi connectivity index (χ1n) is 6.60. The van der Waals surface area contributed by atoms with Crippen molar-refractivity contribution in [1.82, 2.24) is 4.98 Å². The maximum Gasteiger partial charge on any atom is 0.124 e. The first kappa shape index (κ1) is 12.4. The molecule has 1 N–H and O–H groups in total. The molecule has 2 heteroatoms. The maximum atomic E-state index is 10.0. The third-order valence-corrected chi connectivity index (χ3v) is 3.25. The molecule has 0 radical (unpaired) electrons. The Labute approximate surface area is 118 Å². The van der Waals surface area contributed by atoms with Gasteiger partial charge in [-0.25, -0.2) is 0 Å². The van der Waals surface area contributed by atoms with Crippen LogP contribution < -0.4 is 0 Å². The van der Waals surface area contributed by atoms with Crippen LogP contribution >= 0.6 is 0 Å². The van der Waals surface area contributed by atoms with Crippen molar-refractivity contribution in [2.24, 2.45) is 0 Å². The third kappa shape index (κ3) is 2.69. The minimum Gasteiger partial charge on any atom is -0.507 e. The highest BCUT2D eigenvalue weighted by molar-refractivity contribution is 5.67. The zero-order valence-corrected chi connectivity index (χ0v) is 11.0. The van der Waals surface area contributed by atoms with Crippen LogP contribution in [0, 0.1) is 0 Å². The highest BCUT2D eigenvalue weighted by Gasteiger charge is 2.06. The molecule has 0 spiro atoms. The number of hydrogen-bond donors (Lipinski definition) is 1. The van der Waals surface area contributed by atoms with E-state index < -0.39 is 0 Å². The average Bonchev–Trinajstić information content (AvgIpc) is 2.51. The van der Waals surface area contributed by atoms with Gasteiger partial charge in [-0.1, -0.05) is 42.5 Å². The molecule has 0 aliphatic heterocycles. The van der Waals surface area contributed by atoms with Crippen molar-refractivity contribution >= 4 is 0 Å². The van der Waals surface area contributed by atoms with Gasteiger partial charge in [0.2, 0.25) is 0 Å². The van der Waals surface area contributed by atoms with E-state index in [0.29, 0.717) is 0 Å². The van der Waals surface area contributed by atoms with Crippen LogP contribution in [0.5, 0.6) is 5.75 Å². The number of hydrogen-bond acceptors (Lipinski definition) is 2. The van der Waals surface area contributed by atoms with E-state index in [1.807, 2.05) is 48.5 Å². The Balaban J connectivity index is 1.95. The van der Waals surface area contributed by atoms with Crippen LogP contribution in [-0.4, -0.2) is 10.1 Å². The lowest BCUT2D eigenvalue weighted by Gasteiger charge is -2.07. The molecule has 2 nitrogen and oxygen atoms in total. The fourth-order valence-electron chi connectivity index (χ4n) is 2.25. The Kier molecular flexibility index (Phi) is 3.46. The van der Waals surface area contributed by atoms with Gasteiger partial charge in [0.15, 0.2) is 0 Å². The van der Waals surface area contributed by atoms with E-state index in [4.69, 9.17) is 0 Å². The summed E-state index contributed by atoms with van der Waals surface area (Å²) >= 11 is 0.